The minimum absolute atomic E-state index is 0.316. The Morgan fingerprint density at radius 1 is 1.00 bits per heavy atom. The Morgan fingerprint density at radius 2 is 1.65 bits per heavy atom. The summed E-state index contributed by atoms with van der Waals surface area (Å²) in [5, 5.41) is 3.60. The first-order chi connectivity index (χ1) is 9.74. The van der Waals surface area contributed by atoms with Crippen LogP contribution in [0.5, 0.6) is 0 Å². The number of hydrogen-bond acceptors (Lipinski definition) is 2. The number of benzene rings is 1. The van der Waals surface area contributed by atoms with Gasteiger partial charge in [0, 0.05) is 12.6 Å². The van der Waals surface area contributed by atoms with E-state index in [2.05, 4.69) is 57.3 Å². The summed E-state index contributed by atoms with van der Waals surface area (Å²) in [7, 11) is 0. The van der Waals surface area contributed by atoms with Gasteiger partial charge in [-0.1, -0.05) is 51.5 Å². The highest BCUT2D eigenvalue weighted by Crippen LogP contribution is 2.14. The predicted molar refractivity (Wildman–Crippen MR) is 87.3 cm³/mol. The van der Waals surface area contributed by atoms with Gasteiger partial charge in [-0.25, -0.2) is 0 Å². The minimum Gasteiger partial charge on any atom is -0.377 e. The molecule has 0 aliphatic rings. The molecular formula is C18H31NO. The highest BCUT2D eigenvalue weighted by Gasteiger charge is 2.20. The lowest BCUT2D eigenvalue weighted by molar-refractivity contribution is 0.0285. The third kappa shape index (κ3) is 5.64. The molecule has 0 saturated carbocycles. The number of nitrogens with one attached hydrogen (secondary N) is 1. The van der Waals surface area contributed by atoms with E-state index >= 15 is 0 Å². The van der Waals surface area contributed by atoms with Crippen LogP contribution in [0.15, 0.2) is 24.3 Å². The Bertz CT molecular complexity index is 341. The lowest BCUT2D eigenvalue weighted by Gasteiger charge is -2.28. The van der Waals surface area contributed by atoms with Crippen molar-refractivity contribution in [2.24, 2.45) is 0 Å². The van der Waals surface area contributed by atoms with Crippen LogP contribution in [0.4, 0.5) is 0 Å². The normalized spacial score (nSPS) is 14.2. The topological polar surface area (TPSA) is 21.3 Å². The van der Waals surface area contributed by atoms with Crippen LogP contribution in [0.2, 0.25) is 0 Å². The average molecular weight is 277 g/mol. The summed E-state index contributed by atoms with van der Waals surface area (Å²) in [6, 6.07) is 9.42. The van der Waals surface area contributed by atoms with Crippen LogP contribution >= 0.6 is 0 Å². The predicted octanol–water partition coefficient (Wildman–Crippen LogP) is 3.97. The molecule has 0 spiro atoms. The first kappa shape index (κ1) is 17.2. The number of hydrogen-bond donors (Lipinski definition) is 1. The highest BCUT2D eigenvalue weighted by molar-refractivity contribution is 5.23. The van der Waals surface area contributed by atoms with Crippen LogP contribution in [0.1, 0.15) is 51.7 Å². The Kier molecular flexibility index (Phi) is 8.56. The molecule has 1 rings (SSSR count). The third-order valence-electron chi connectivity index (χ3n) is 3.76. The van der Waals surface area contributed by atoms with Crippen molar-refractivity contribution in [3.63, 3.8) is 0 Å². The van der Waals surface area contributed by atoms with E-state index < -0.39 is 0 Å². The van der Waals surface area contributed by atoms with Gasteiger partial charge in [0.1, 0.15) is 0 Å². The highest BCUT2D eigenvalue weighted by atomic mass is 16.5. The molecule has 0 bridgehead atoms. The van der Waals surface area contributed by atoms with Crippen molar-refractivity contribution in [1.82, 2.24) is 5.32 Å². The molecular weight excluding hydrogens is 246 g/mol. The van der Waals surface area contributed by atoms with Crippen molar-refractivity contribution >= 4 is 0 Å². The lowest BCUT2D eigenvalue weighted by Crippen LogP contribution is -2.43. The van der Waals surface area contributed by atoms with Gasteiger partial charge in [-0.05, 0) is 43.9 Å². The average Bonchev–Trinajstić information content (AvgIpc) is 2.47. The van der Waals surface area contributed by atoms with Crippen LogP contribution in [-0.4, -0.2) is 25.3 Å². The van der Waals surface area contributed by atoms with E-state index in [0.29, 0.717) is 12.1 Å². The van der Waals surface area contributed by atoms with Crippen LogP contribution in [-0.2, 0) is 17.6 Å². The zero-order valence-corrected chi connectivity index (χ0v) is 13.6. The van der Waals surface area contributed by atoms with Crippen molar-refractivity contribution < 1.29 is 4.74 Å². The molecule has 2 nitrogen and oxygen atoms in total. The molecule has 0 aliphatic heterocycles. The van der Waals surface area contributed by atoms with Crippen LogP contribution < -0.4 is 5.32 Å². The molecule has 2 atom stereocenters. The second-order valence-electron chi connectivity index (χ2n) is 5.32. The summed E-state index contributed by atoms with van der Waals surface area (Å²) < 4.78 is 5.95. The molecule has 0 aliphatic carbocycles. The molecule has 1 aromatic rings. The smallest absolute Gasteiger partial charge is 0.0731 e. The van der Waals surface area contributed by atoms with Gasteiger partial charge in [0.15, 0.2) is 0 Å². The first-order valence-corrected chi connectivity index (χ1v) is 8.17. The number of aryl methyl sites for hydroxylation is 1. The first-order valence-electron chi connectivity index (χ1n) is 8.17. The molecule has 0 saturated heterocycles. The zero-order chi connectivity index (χ0) is 14.8. The van der Waals surface area contributed by atoms with Gasteiger partial charge in [-0.2, -0.15) is 0 Å². The summed E-state index contributed by atoms with van der Waals surface area (Å²) in [5.41, 5.74) is 2.80. The Labute approximate surface area is 124 Å². The summed E-state index contributed by atoms with van der Waals surface area (Å²) in [5.74, 6) is 0. The molecule has 2 heteroatoms. The van der Waals surface area contributed by atoms with Gasteiger partial charge in [0.05, 0.1) is 6.10 Å². The van der Waals surface area contributed by atoms with E-state index in [4.69, 9.17) is 4.74 Å². The molecule has 20 heavy (non-hydrogen) atoms. The van der Waals surface area contributed by atoms with Crippen LogP contribution in [0.25, 0.3) is 0 Å². The Hall–Kier alpha value is -0.860. The van der Waals surface area contributed by atoms with Gasteiger partial charge in [-0.15, -0.1) is 0 Å². The molecule has 0 radical (unpaired) electrons. The maximum atomic E-state index is 5.95. The van der Waals surface area contributed by atoms with E-state index in [-0.39, 0.29) is 0 Å². The maximum absolute atomic E-state index is 5.95. The zero-order valence-electron chi connectivity index (χ0n) is 13.6. The van der Waals surface area contributed by atoms with Crippen molar-refractivity contribution in [2.45, 2.75) is 65.5 Å². The molecule has 0 fully saturated rings. The van der Waals surface area contributed by atoms with Crippen LogP contribution in [0.3, 0.4) is 0 Å². The molecule has 0 aromatic heterocycles. The maximum Gasteiger partial charge on any atom is 0.0731 e. The SMILES string of the molecule is CCCC(OCC)C(Cc1ccc(CC)cc1)NCC. The third-order valence-corrected chi connectivity index (χ3v) is 3.76. The fourth-order valence-corrected chi connectivity index (χ4v) is 2.66. The summed E-state index contributed by atoms with van der Waals surface area (Å²) in [6.45, 7) is 10.5. The van der Waals surface area contributed by atoms with E-state index in [1.807, 2.05) is 0 Å². The van der Waals surface area contributed by atoms with E-state index in [9.17, 15) is 0 Å². The van der Waals surface area contributed by atoms with Gasteiger partial charge < -0.3 is 10.1 Å². The summed E-state index contributed by atoms with van der Waals surface area (Å²) in [6.07, 6.45) is 4.76. The quantitative estimate of drug-likeness (QED) is 0.698. The molecule has 1 aromatic carbocycles. The number of ether oxygens (including phenoxy) is 1. The van der Waals surface area contributed by atoms with E-state index in [1.165, 1.54) is 17.5 Å². The van der Waals surface area contributed by atoms with Gasteiger partial charge >= 0.3 is 0 Å². The second-order valence-corrected chi connectivity index (χ2v) is 5.32. The molecule has 0 amide bonds. The fourth-order valence-electron chi connectivity index (χ4n) is 2.66. The summed E-state index contributed by atoms with van der Waals surface area (Å²) in [4.78, 5) is 0. The number of rotatable bonds is 10. The van der Waals surface area contributed by atoms with Crippen molar-refractivity contribution in [2.75, 3.05) is 13.2 Å². The molecule has 114 valence electrons. The van der Waals surface area contributed by atoms with Gasteiger partial charge in [0.2, 0.25) is 0 Å². The lowest BCUT2D eigenvalue weighted by atomic mass is 9.97. The second kappa shape index (κ2) is 9.95. The fraction of sp³-hybridized carbons (Fsp3) is 0.667. The van der Waals surface area contributed by atoms with E-state index in [1.54, 1.807) is 0 Å². The van der Waals surface area contributed by atoms with Crippen molar-refractivity contribution in [1.29, 1.82) is 0 Å². The molecule has 2 unspecified atom stereocenters. The van der Waals surface area contributed by atoms with Crippen molar-refractivity contribution in [3.05, 3.63) is 35.4 Å². The van der Waals surface area contributed by atoms with Crippen LogP contribution in [0, 0.1) is 0 Å². The summed E-state index contributed by atoms with van der Waals surface area (Å²) >= 11 is 0. The van der Waals surface area contributed by atoms with Gasteiger partial charge in [0.25, 0.3) is 0 Å². The Balaban J connectivity index is 2.72. The molecule has 1 N–H and O–H groups in total. The Morgan fingerprint density at radius 3 is 2.15 bits per heavy atom. The van der Waals surface area contributed by atoms with Gasteiger partial charge in [-0.3, -0.25) is 0 Å². The molecule has 0 heterocycles. The minimum atomic E-state index is 0.316. The standard InChI is InChI=1S/C18H31NO/c1-5-9-18(20-8-4)17(19-7-3)14-16-12-10-15(6-2)11-13-16/h10-13,17-19H,5-9,14H2,1-4H3. The largest absolute Gasteiger partial charge is 0.377 e. The number of likely N-dealkylation sites (N-methyl/N-ethyl adjacent to an activating group) is 1. The van der Waals surface area contributed by atoms with E-state index in [0.717, 1.165) is 32.4 Å². The monoisotopic (exact) mass is 277 g/mol. The van der Waals surface area contributed by atoms with Crippen molar-refractivity contribution in [3.8, 4) is 0 Å².